The average molecular weight is 518 g/mol. The lowest BCUT2D eigenvalue weighted by Gasteiger charge is -2.44. The van der Waals surface area contributed by atoms with Gasteiger partial charge in [0.1, 0.15) is 23.4 Å². The molecule has 3 heterocycles. The highest BCUT2D eigenvalue weighted by Gasteiger charge is 2.43. The van der Waals surface area contributed by atoms with Crippen molar-refractivity contribution in [2.75, 3.05) is 18.0 Å². The molecule has 1 aliphatic heterocycles. The Hall–Kier alpha value is -2.66. The summed E-state index contributed by atoms with van der Waals surface area (Å²) in [6.07, 6.45) is -3.38. The third-order valence-corrected chi connectivity index (χ3v) is 6.79. The Morgan fingerprint density at radius 3 is 2.42 bits per heavy atom. The molecule has 0 N–H and O–H groups in total. The minimum absolute atomic E-state index is 0.00977. The van der Waals surface area contributed by atoms with Gasteiger partial charge in [0.05, 0.1) is 10.9 Å². The van der Waals surface area contributed by atoms with Crippen LogP contribution in [0, 0.1) is 0 Å². The first-order chi connectivity index (χ1) is 16.6. The number of fused-ring (bicyclic) bond motifs is 1. The van der Waals surface area contributed by atoms with Crippen molar-refractivity contribution in [3.05, 3.63) is 18.1 Å². The number of nitrogens with zero attached hydrogens (tertiary/aromatic N) is 5. The Morgan fingerprint density at radius 2 is 1.81 bits per heavy atom. The molecular formula is C24H32F5N5O2. The smallest absolute Gasteiger partial charge is 0.418 e. The summed E-state index contributed by atoms with van der Waals surface area (Å²) in [5, 5.41) is -0.205. The van der Waals surface area contributed by atoms with Crippen LogP contribution in [0.5, 0.6) is 0 Å². The fourth-order valence-electron chi connectivity index (χ4n) is 5.16. The molecule has 7 nitrogen and oxygen atoms in total. The highest BCUT2D eigenvalue weighted by molar-refractivity contribution is 5.92. The molecule has 1 aliphatic carbocycles. The van der Waals surface area contributed by atoms with E-state index in [1.165, 1.54) is 10.9 Å². The lowest BCUT2D eigenvalue weighted by Crippen LogP contribution is -2.59. The zero-order chi connectivity index (χ0) is 26.6. The van der Waals surface area contributed by atoms with Crippen LogP contribution in [0.1, 0.15) is 71.9 Å². The number of ether oxygens (including phenoxy) is 1. The van der Waals surface area contributed by atoms with Crippen molar-refractivity contribution in [1.29, 1.82) is 0 Å². The van der Waals surface area contributed by atoms with Gasteiger partial charge in [-0.15, -0.1) is 0 Å². The summed E-state index contributed by atoms with van der Waals surface area (Å²) in [7, 11) is 0. The maximum atomic E-state index is 14.2. The number of alkyl halides is 5. The summed E-state index contributed by atoms with van der Waals surface area (Å²) in [6, 6.07) is -1.54. The van der Waals surface area contributed by atoms with Gasteiger partial charge in [0, 0.05) is 50.3 Å². The second-order valence-electron chi connectivity index (χ2n) is 10.9. The molecule has 0 radical (unpaired) electrons. The Labute approximate surface area is 206 Å². The van der Waals surface area contributed by atoms with Crippen LogP contribution in [0.15, 0.2) is 12.5 Å². The van der Waals surface area contributed by atoms with Crippen LogP contribution < -0.4 is 4.90 Å². The van der Waals surface area contributed by atoms with E-state index in [0.717, 1.165) is 6.20 Å². The van der Waals surface area contributed by atoms with Gasteiger partial charge in [-0.3, -0.25) is 0 Å². The van der Waals surface area contributed by atoms with Gasteiger partial charge >= 0.3 is 12.3 Å². The first kappa shape index (κ1) is 26.4. The predicted octanol–water partition coefficient (Wildman–Crippen LogP) is 6.03. The molecule has 1 saturated heterocycles. The van der Waals surface area contributed by atoms with Crippen LogP contribution in [0.2, 0.25) is 0 Å². The summed E-state index contributed by atoms with van der Waals surface area (Å²) >= 11 is 0. The molecule has 0 aromatic carbocycles. The van der Waals surface area contributed by atoms with Crippen molar-refractivity contribution in [2.24, 2.45) is 0 Å². The topological polar surface area (TPSA) is 63.5 Å². The van der Waals surface area contributed by atoms with Gasteiger partial charge in [0.2, 0.25) is 5.92 Å². The average Bonchev–Trinajstić information content (AvgIpc) is 3.13. The lowest BCUT2D eigenvalue weighted by atomic mass is 9.92. The van der Waals surface area contributed by atoms with Crippen LogP contribution >= 0.6 is 0 Å². The van der Waals surface area contributed by atoms with Gasteiger partial charge in [-0.2, -0.15) is 13.2 Å². The SMILES string of the molecule is C[C@@H]1CN(c2ncnc3c2c(C(F)(F)F)cn3[C@H]2CCCC(F)(F)C2)[C@@H](C)CN1C(=O)OC(C)(C)C. The molecule has 36 heavy (non-hydrogen) atoms. The van der Waals surface area contributed by atoms with Gasteiger partial charge in [0.25, 0.3) is 0 Å². The number of rotatable bonds is 2. The van der Waals surface area contributed by atoms with E-state index in [1.54, 1.807) is 44.4 Å². The summed E-state index contributed by atoms with van der Waals surface area (Å²) in [6.45, 7) is 9.31. The van der Waals surface area contributed by atoms with Crippen LogP contribution in [0.4, 0.5) is 32.6 Å². The van der Waals surface area contributed by atoms with Gasteiger partial charge in [-0.1, -0.05) is 0 Å². The van der Waals surface area contributed by atoms with E-state index in [2.05, 4.69) is 9.97 Å². The van der Waals surface area contributed by atoms with Gasteiger partial charge < -0.3 is 19.1 Å². The molecule has 0 unspecified atom stereocenters. The second kappa shape index (κ2) is 9.02. The van der Waals surface area contributed by atoms with Crippen molar-refractivity contribution >= 4 is 22.9 Å². The molecule has 2 fully saturated rings. The Kier molecular flexibility index (Phi) is 6.62. The first-order valence-electron chi connectivity index (χ1n) is 12.1. The number of anilines is 1. The van der Waals surface area contributed by atoms with Crippen LogP contribution in [0.25, 0.3) is 11.0 Å². The maximum absolute atomic E-state index is 14.2. The monoisotopic (exact) mass is 517 g/mol. The quantitative estimate of drug-likeness (QED) is 0.455. The number of hydrogen-bond acceptors (Lipinski definition) is 5. The number of carbonyl (C=O) groups is 1. The van der Waals surface area contributed by atoms with Crippen LogP contribution in [-0.4, -0.2) is 62.2 Å². The van der Waals surface area contributed by atoms with Crippen LogP contribution in [-0.2, 0) is 10.9 Å². The Morgan fingerprint density at radius 1 is 1.11 bits per heavy atom. The zero-order valence-electron chi connectivity index (χ0n) is 21.1. The molecule has 1 amide bonds. The van der Waals surface area contributed by atoms with Gasteiger partial charge in [-0.05, 0) is 47.5 Å². The second-order valence-corrected chi connectivity index (χ2v) is 10.9. The molecule has 2 aromatic rings. The zero-order valence-corrected chi connectivity index (χ0v) is 21.1. The number of halogens is 5. The fraction of sp³-hybridized carbons (Fsp3) is 0.708. The summed E-state index contributed by atoms with van der Waals surface area (Å²) in [5.41, 5.74) is -1.64. The number of aromatic nitrogens is 3. The van der Waals surface area contributed by atoms with E-state index in [9.17, 15) is 26.7 Å². The fourth-order valence-corrected chi connectivity index (χ4v) is 5.16. The standard InChI is InChI=1S/C24H32F5N5O2/c1-14-11-33(21(35)36-22(3,4)5)15(2)10-32(14)19-18-17(24(27,28)29)12-34(20(18)31-13-30-19)16-7-6-8-23(25,26)9-16/h12-16H,6-11H2,1-5H3/t14-,15+,16-/m0/s1. The third kappa shape index (κ3) is 5.22. The van der Waals surface area contributed by atoms with Crippen molar-refractivity contribution in [1.82, 2.24) is 19.4 Å². The largest absolute Gasteiger partial charge is 0.444 e. The molecule has 0 spiro atoms. The van der Waals surface area contributed by atoms with Gasteiger partial charge in [-0.25, -0.2) is 23.5 Å². The number of hydrogen-bond donors (Lipinski definition) is 0. The summed E-state index contributed by atoms with van der Waals surface area (Å²) in [5.74, 6) is -2.85. The van der Waals surface area contributed by atoms with E-state index in [-0.39, 0.29) is 54.9 Å². The molecule has 2 aromatic heterocycles. The maximum Gasteiger partial charge on any atom is 0.418 e. The van der Waals surface area contributed by atoms with Crippen molar-refractivity contribution in [3.8, 4) is 0 Å². The summed E-state index contributed by atoms with van der Waals surface area (Å²) < 4.78 is 77.6. The normalized spacial score (nSPS) is 25.3. The number of amides is 1. The Bertz CT molecular complexity index is 1130. The van der Waals surface area contributed by atoms with Crippen LogP contribution in [0.3, 0.4) is 0 Å². The third-order valence-electron chi connectivity index (χ3n) is 6.79. The predicted molar refractivity (Wildman–Crippen MR) is 124 cm³/mol. The lowest BCUT2D eigenvalue weighted by molar-refractivity contribution is -0.136. The van der Waals surface area contributed by atoms with E-state index in [1.807, 2.05) is 0 Å². The minimum Gasteiger partial charge on any atom is -0.444 e. The summed E-state index contributed by atoms with van der Waals surface area (Å²) in [4.78, 5) is 24.3. The van der Waals surface area contributed by atoms with Gasteiger partial charge in [0.15, 0.2) is 0 Å². The van der Waals surface area contributed by atoms with Crippen molar-refractivity contribution < 1.29 is 31.5 Å². The highest BCUT2D eigenvalue weighted by atomic mass is 19.4. The molecule has 2 aliphatic rings. The Balaban J connectivity index is 1.73. The van der Waals surface area contributed by atoms with E-state index >= 15 is 0 Å². The van der Waals surface area contributed by atoms with Crippen molar-refractivity contribution in [3.63, 3.8) is 0 Å². The molecular weight excluding hydrogens is 485 g/mol. The van der Waals surface area contributed by atoms with Crippen molar-refractivity contribution in [2.45, 2.75) is 96.1 Å². The molecule has 4 rings (SSSR count). The number of piperazine rings is 1. The first-order valence-corrected chi connectivity index (χ1v) is 12.1. The van der Waals surface area contributed by atoms with E-state index in [0.29, 0.717) is 6.42 Å². The van der Waals surface area contributed by atoms with E-state index < -0.39 is 41.8 Å². The minimum atomic E-state index is -4.73. The molecule has 0 bridgehead atoms. The molecule has 12 heteroatoms. The molecule has 1 saturated carbocycles. The number of carbonyl (C=O) groups excluding carboxylic acids is 1. The molecule has 200 valence electrons. The highest BCUT2D eigenvalue weighted by Crippen LogP contribution is 2.45. The molecule has 3 atom stereocenters. The van der Waals surface area contributed by atoms with E-state index in [4.69, 9.17) is 4.74 Å².